The number of halogens is 1. The highest BCUT2D eigenvalue weighted by atomic mass is 35.5. The SMILES string of the molecule is COc1cc(Cl)c2c(c1N)C(=O)NCC2. The molecule has 5 heteroatoms. The highest BCUT2D eigenvalue weighted by Gasteiger charge is 2.24. The number of anilines is 1. The molecule has 15 heavy (non-hydrogen) atoms. The maximum Gasteiger partial charge on any atom is 0.253 e. The fourth-order valence-corrected chi connectivity index (χ4v) is 2.04. The molecule has 0 saturated heterocycles. The Balaban J connectivity index is 2.69. The Morgan fingerprint density at radius 3 is 3.00 bits per heavy atom. The summed E-state index contributed by atoms with van der Waals surface area (Å²) in [6, 6.07) is 1.65. The summed E-state index contributed by atoms with van der Waals surface area (Å²) in [5, 5.41) is 3.26. The van der Waals surface area contributed by atoms with Crippen LogP contribution in [0, 0.1) is 0 Å². The van der Waals surface area contributed by atoms with Crippen LogP contribution in [0.25, 0.3) is 0 Å². The van der Waals surface area contributed by atoms with Crippen LogP contribution in [0.1, 0.15) is 15.9 Å². The van der Waals surface area contributed by atoms with Crippen molar-refractivity contribution in [3.63, 3.8) is 0 Å². The molecule has 3 N–H and O–H groups in total. The Morgan fingerprint density at radius 2 is 2.33 bits per heavy atom. The summed E-state index contributed by atoms with van der Waals surface area (Å²) in [5.41, 5.74) is 7.44. The largest absolute Gasteiger partial charge is 0.495 e. The molecule has 0 bridgehead atoms. The molecule has 1 aliphatic heterocycles. The van der Waals surface area contributed by atoms with Crippen LogP contribution in [0.2, 0.25) is 5.02 Å². The Hall–Kier alpha value is -1.42. The van der Waals surface area contributed by atoms with Crippen LogP contribution >= 0.6 is 11.6 Å². The molecule has 0 radical (unpaired) electrons. The summed E-state index contributed by atoms with van der Waals surface area (Å²) in [4.78, 5) is 11.6. The van der Waals surface area contributed by atoms with E-state index in [2.05, 4.69) is 5.32 Å². The van der Waals surface area contributed by atoms with Gasteiger partial charge in [-0.2, -0.15) is 0 Å². The number of hydrogen-bond donors (Lipinski definition) is 2. The van der Waals surface area contributed by atoms with Crippen molar-refractivity contribution in [2.75, 3.05) is 19.4 Å². The quantitative estimate of drug-likeness (QED) is 0.708. The van der Waals surface area contributed by atoms with Gasteiger partial charge in [0.1, 0.15) is 5.75 Å². The average Bonchev–Trinajstić information content (AvgIpc) is 2.23. The highest BCUT2D eigenvalue weighted by molar-refractivity contribution is 6.32. The standard InChI is InChI=1S/C10H11ClN2O2/c1-15-7-4-6(11)5-2-3-13-10(14)8(5)9(7)12/h4H,2-3,12H2,1H3,(H,13,14). The Bertz CT molecular complexity index is 432. The van der Waals surface area contributed by atoms with Crippen LogP contribution in [-0.4, -0.2) is 19.6 Å². The van der Waals surface area contributed by atoms with Gasteiger partial charge in [-0.15, -0.1) is 0 Å². The summed E-state index contributed by atoms with van der Waals surface area (Å²) in [6.45, 7) is 0.595. The number of nitrogen functional groups attached to an aromatic ring is 1. The van der Waals surface area contributed by atoms with Gasteiger partial charge in [-0.25, -0.2) is 0 Å². The Morgan fingerprint density at radius 1 is 1.60 bits per heavy atom. The maximum atomic E-state index is 11.6. The van der Waals surface area contributed by atoms with Gasteiger partial charge in [0.25, 0.3) is 5.91 Å². The third kappa shape index (κ3) is 1.51. The number of carbonyl (C=O) groups excluding carboxylic acids is 1. The van der Waals surface area contributed by atoms with E-state index in [9.17, 15) is 4.79 Å². The van der Waals surface area contributed by atoms with Crippen molar-refractivity contribution in [1.82, 2.24) is 5.32 Å². The lowest BCUT2D eigenvalue weighted by Crippen LogP contribution is -2.33. The number of ether oxygens (including phenoxy) is 1. The minimum Gasteiger partial charge on any atom is -0.495 e. The summed E-state index contributed by atoms with van der Waals surface area (Å²) in [5.74, 6) is 0.255. The fraction of sp³-hybridized carbons (Fsp3) is 0.300. The molecule has 80 valence electrons. The summed E-state index contributed by atoms with van der Waals surface area (Å²) < 4.78 is 5.05. The number of fused-ring (bicyclic) bond motifs is 1. The van der Waals surface area contributed by atoms with E-state index in [1.165, 1.54) is 7.11 Å². The van der Waals surface area contributed by atoms with Gasteiger partial charge in [0.15, 0.2) is 0 Å². The smallest absolute Gasteiger partial charge is 0.253 e. The van der Waals surface area contributed by atoms with Gasteiger partial charge < -0.3 is 15.8 Å². The molecule has 0 fully saturated rings. The van der Waals surface area contributed by atoms with Crippen LogP contribution < -0.4 is 15.8 Å². The third-order valence-electron chi connectivity index (χ3n) is 2.49. The number of amides is 1. The molecule has 2 rings (SSSR count). The summed E-state index contributed by atoms with van der Waals surface area (Å²) >= 11 is 6.05. The van der Waals surface area contributed by atoms with Crippen LogP contribution in [-0.2, 0) is 6.42 Å². The third-order valence-corrected chi connectivity index (χ3v) is 2.83. The van der Waals surface area contributed by atoms with E-state index in [1.54, 1.807) is 6.07 Å². The molecule has 0 spiro atoms. The topological polar surface area (TPSA) is 64.3 Å². The molecular weight excluding hydrogens is 216 g/mol. The van der Waals surface area contributed by atoms with Crippen molar-refractivity contribution in [2.24, 2.45) is 0 Å². The normalized spacial score (nSPS) is 14.4. The van der Waals surface area contributed by atoms with Crippen LogP contribution in [0.3, 0.4) is 0 Å². The number of rotatable bonds is 1. The van der Waals surface area contributed by atoms with E-state index in [0.717, 1.165) is 5.56 Å². The van der Waals surface area contributed by atoms with Crippen molar-refractivity contribution < 1.29 is 9.53 Å². The number of hydrogen-bond acceptors (Lipinski definition) is 3. The predicted molar refractivity (Wildman–Crippen MR) is 58.5 cm³/mol. The van der Waals surface area contributed by atoms with Crippen LogP contribution in [0.15, 0.2) is 6.07 Å². The molecular formula is C10H11ClN2O2. The van der Waals surface area contributed by atoms with Gasteiger partial charge >= 0.3 is 0 Å². The van der Waals surface area contributed by atoms with Crippen molar-refractivity contribution in [1.29, 1.82) is 0 Å². The van der Waals surface area contributed by atoms with E-state index in [1.807, 2.05) is 0 Å². The second kappa shape index (κ2) is 3.62. The number of nitrogens with one attached hydrogen (secondary N) is 1. The van der Waals surface area contributed by atoms with Crippen LogP contribution in [0.5, 0.6) is 5.75 Å². The Labute approximate surface area is 92.4 Å². The minimum absolute atomic E-state index is 0.186. The van der Waals surface area contributed by atoms with E-state index in [4.69, 9.17) is 22.1 Å². The van der Waals surface area contributed by atoms with Crippen molar-refractivity contribution >= 4 is 23.2 Å². The first kappa shape index (κ1) is 10.1. The molecule has 0 saturated carbocycles. The second-order valence-electron chi connectivity index (χ2n) is 3.33. The molecule has 0 unspecified atom stereocenters. The van der Waals surface area contributed by atoms with Gasteiger partial charge in [0, 0.05) is 17.6 Å². The summed E-state index contributed by atoms with van der Waals surface area (Å²) in [6.07, 6.45) is 0.702. The fourth-order valence-electron chi connectivity index (χ4n) is 1.75. The first-order chi connectivity index (χ1) is 7.15. The van der Waals surface area contributed by atoms with E-state index < -0.39 is 0 Å². The lowest BCUT2D eigenvalue weighted by molar-refractivity contribution is 0.0946. The zero-order valence-electron chi connectivity index (χ0n) is 8.26. The van der Waals surface area contributed by atoms with Gasteiger partial charge in [0.2, 0.25) is 0 Å². The Kier molecular flexibility index (Phi) is 2.44. The molecule has 1 aromatic carbocycles. The van der Waals surface area contributed by atoms with Crippen LogP contribution in [0.4, 0.5) is 5.69 Å². The molecule has 1 aliphatic rings. The lowest BCUT2D eigenvalue weighted by Gasteiger charge is -2.20. The highest BCUT2D eigenvalue weighted by Crippen LogP contribution is 2.35. The molecule has 1 amide bonds. The number of carbonyl (C=O) groups is 1. The minimum atomic E-state index is -0.186. The zero-order valence-corrected chi connectivity index (χ0v) is 9.02. The monoisotopic (exact) mass is 226 g/mol. The maximum absolute atomic E-state index is 11.6. The zero-order chi connectivity index (χ0) is 11.0. The molecule has 1 heterocycles. The molecule has 0 aromatic heterocycles. The van der Waals surface area contributed by atoms with Crippen molar-refractivity contribution in [3.05, 3.63) is 22.2 Å². The van der Waals surface area contributed by atoms with Crippen molar-refractivity contribution in [2.45, 2.75) is 6.42 Å². The molecule has 4 nitrogen and oxygen atoms in total. The van der Waals surface area contributed by atoms with E-state index in [-0.39, 0.29) is 5.91 Å². The first-order valence-electron chi connectivity index (χ1n) is 4.58. The number of benzene rings is 1. The van der Waals surface area contributed by atoms with E-state index in [0.29, 0.717) is 35.0 Å². The number of nitrogens with two attached hydrogens (primary N) is 1. The molecule has 0 atom stereocenters. The number of methoxy groups -OCH3 is 1. The van der Waals surface area contributed by atoms with Gasteiger partial charge in [-0.1, -0.05) is 11.6 Å². The summed E-state index contributed by atoms with van der Waals surface area (Å²) in [7, 11) is 1.50. The van der Waals surface area contributed by atoms with Gasteiger partial charge in [0.05, 0.1) is 18.4 Å². The van der Waals surface area contributed by atoms with Gasteiger partial charge in [-0.05, 0) is 12.0 Å². The predicted octanol–water partition coefficient (Wildman–Crippen LogP) is 1.22. The lowest BCUT2D eigenvalue weighted by atomic mass is 9.98. The first-order valence-corrected chi connectivity index (χ1v) is 4.96. The van der Waals surface area contributed by atoms with Crippen molar-refractivity contribution in [3.8, 4) is 5.75 Å². The second-order valence-corrected chi connectivity index (χ2v) is 3.74. The molecule has 0 aliphatic carbocycles. The van der Waals surface area contributed by atoms with E-state index >= 15 is 0 Å². The van der Waals surface area contributed by atoms with Gasteiger partial charge in [-0.3, -0.25) is 4.79 Å². The average molecular weight is 227 g/mol. The molecule has 1 aromatic rings.